The van der Waals surface area contributed by atoms with E-state index in [1.807, 2.05) is 24.0 Å². The molecule has 0 aliphatic carbocycles. The fourth-order valence-corrected chi connectivity index (χ4v) is 2.72. The highest BCUT2D eigenvalue weighted by Gasteiger charge is 2.04. The zero-order valence-corrected chi connectivity index (χ0v) is 11.8. The minimum Gasteiger partial charge on any atom is -0.381 e. The van der Waals surface area contributed by atoms with Gasteiger partial charge in [-0.1, -0.05) is 18.2 Å². The van der Waals surface area contributed by atoms with Crippen molar-refractivity contribution in [1.82, 2.24) is 14.5 Å². The lowest BCUT2D eigenvalue weighted by molar-refractivity contribution is 0.947. The lowest BCUT2D eigenvalue weighted by Gasteiger charge is -2.06. The number of aromatic nitrogens is 3. The van der Waals surface area contributed by atoms with Crippen LogP contribution in [0.15, 0.2) is 55.0 Å². The van der Waals surface area contributed by atoms with Crippen LogP contribution in [0.2, 0.25) is 0 Å². The summed E-state index contributed by atoms with van der Waals surface area (Å²) < 4.78 is 2.03. The molecule has 0 saturated carbocycles. The third-order valence-corrected chi connectivity index (χ3v) is 3.88. The van der Waals surface area contributed by atoms with Gasteiger partial charge in [0, 0.05) is 36.4 Å². The maximum absolute atomic E-state index is 4.39. The summed E-state index contributed by atoms with van der Waals surface area (Å²) in [6.45, 7) is 0.794. The Morgan fingerprint density at radius 2 is 2.10 bits per heavy atom. The Labute approximate surface area is 122 Å². The van der Waals surface area contributed by atoms with Crippen LogP contribution in [0.25, 0.3) is 21.9 Å². The SMILES string of the molecule is Cn1cnc2cc(NCc3c[nH]c4ccccc34)ccc21. The molecular weight excluding hydrogens is 260 g/mol. The highest BCUT2D eigenvalue weighted by molar-refractivity contribution is 5.83. The number of hydrogen-bond donors (Lipinski definition) is 2. The van der Waals surface area contributed by atoms with Crippen LogP contribution in [0.3, 0.4) is 0 Å². The fourth-order valence-electron chi connectivity index (χ4n) is 2.72. The molecule has 0 aliphatic heterocycles. The molecule has 0 aliphatic rings. The van der Waals surface area contributed by atoms with Gasteiger partial charge in [-0.05, 0) is 29.8 Å². The van der Waals surface area contributed by atoms with E-state index in [4.69, 9.17) is 0 Å². The molecule has 2 aromatic carbocycles. The van der Waals surface area contributed by atoms with E-state index in [9.17, 15) is 0 Å². The van der Waals surface area contributed by atoms with Crippen molar-refractivity contribution in [2.24, 2.45) is 7.05 Å². The van der Waals surface area contributed by atoms with Crippen LogP contribution in [0, 0.1) is 0 Å². The minimum atomic E-state index is 0.794. The summed E-state index contributed by atoms with van der Waals surface area (Å²) in [5, 5.41) is 4.74. The number of nitrogens with one attached hydrogen (secondary N) is 2. The second-order valence-electron chi connectivity index (χ2n) is 5.27. The number of imidazole rings is 1. The molecule has 4 aromatic rings. The molecular formula is C17H16N4. The summed E-state index contributed by atoms with van der Waals surface area (Å²) in [5.74, 6) is 0. The van der Waals surface area contributed by atoms with Crippen molar-refractivity contribution in [1.29, 1.82) is 0 Å². The summed E-state index contributed by atoms with van der Waals surface area (Å²) in [6.07, 6.45) is 3.91. The van der Waals surface area contributed by atoms with Gasteiger partial charge in [0.1, 0.15) is 0 Å². The third-order valence-electron chi connectivity index (χ3n) is 3.88. The third kappa shape index (κ3) is 2.05. The van der Waals surface area contributed by atoms with Crippen molar-refractivity contribution in [2.45, 2.75) is 6.54 Å². The topological polar surface area (TPSA) is 45.6 Å². The molecule has 0 amide bonds. The van der Waals surface area contributed by atoms with Gasteiger partial charge in [-0.15, -0.1) is 0 Å². The first-order valence-corrected chi connectivity index (χ1v) is 7.01. The summed E-state index contributed by atoms with van der Waals surface area (Å²) in [4.78, 5) is 7.69. The number of rotatable bonds is 3. The van der Waals surface area contributed by atoms with Gasteiger partial charge in [0.25, 0.3) is 0 Å². The maximum atomic E-state index is 4.39. The Kier molecular flexibility index (Phi) is 2.67. The molecule has 2 N–H and O–H groups in total. The van der Waals surface area contributed by atoms with Gasteiger partial charge in [0.2, 0.25) is 0 Å². The van der Waals surface area contributed by atoms with Gasteiger partial charge in [0.05, 0.1) is 17.4 Å². The minimum absolute atomic E-state index is 0.794. The Bertz CT molecular complexity index is 917. The summed E-state index contributed by atoms with van der Waals surface area (Å²) in [7, 11) is 2.01. The number of nitrogens with zero attached hydrogens (tertiary/aromatic N) is 2. The van der Waals surface area contributed by atoms with Crippen molar-refractivity contribution < 1.29 is 0 Å². The Balaban J connectivity index is 1.60. The van der Waals surface area contributed by atoms with Crippen molar-refractivity contribution in [3.05, 3.63) is 60.6 Å². The molecule has 0 saturated heterocycles. The molecule has 2 aromatic heterocycles. The first kappa shape index (κ1) is 12.0. The van der Waals surface area contributed by atoms with Gasteiger partial charge in [0.15, 0.2) is 0 Å². The first-order chi connectivity index (χ1) is 10.3. The smallest absolute Gasteiger partial charge is 0.0955 e. The highest BCUT2D eigenvalue weighted by atomic mass is 15.0. The van der Waals surface area contributed by atoms with Crippen molar-refractivity contribution in [3.63, 3.8) is 0 Å². The van der Waals surface area contributed by atoms with Gasteiger partial charge in [-0.2, -0.15) is 0 Å². The molecule has 0 atom stereocenters. The predicted molar refractivity (Wildman–Crippen MR) is 86.3 cm³/mol. The molecule has 0 spiro atoms. The van der Waals surface area contributed by atoms with Crippen LogP contribution in [0.1, 0.15) is 5.56 Å². The number of aryl methyl sites for hydroxylation is 1. The molecule has 0 fully saturated rings. The Morgan fingerprint density at radius 3 is 3.05 bits per heavy atom. The lowest BCUT2D eigenvalue weighted by atomic mass is 10.1. The van der Waals surface area contributed by atoms with Crippen LogP contribution >= 0.6 is 0 Å². The van der Waals surface area contributed by atoms with Gasteiger partial charge in [-0.3, -0.25) is 0 Å². The number of H-pyrrole nitrogens is 1. The van der Waals surface area contributed by atoms with E-state index >= 15 is 0 Å². The quantitative estimate of drug-likeness (QED) is 0.599. The van der Waals surface area contributed by atoms with E-state index in [1.54, 1.807) is 0 Å². The molecule has 4 rings (SSSR count). The Morgan fingerprint density at radius 1 is 1.19 bits per heavy atom. The van der Waals surface area contributed by atoms with E-state index in [-0.39, 0.29) is 0 Å². The second-order valence-corrected chi connectivity index (χ2v) is 5.27. The molecule has 0 bridgehead atoms. The Hall–Kier alpha value is -2.75. The standard InChI is InChI=1S/C17H16N4/c1-21-11-20-16-8-13(6-7-17(16)21)18-9-12-10-19-15-5-3-2-4-14(12)15/h2-8,10-11,18-19H,9H2,1H3. The predicted octanol–water partition coefficient (Wildman–Crippen LogP) is 3.67. The summed E-state index contributed by atoms with van der Waals surface area (Å²) in [5.41, 5.74) is 5.70. The molecule has 21 heavy (non-hydrogen) atoms. The fraction of sp³-hybridized carbons (Fsp3) is 0.118. The first-order valence-electron chi connectivity index (χ1n) is 7.01. The van der Waals surface area contributed by atoms with E-state index in [0.29, 0.717) is 0 Å². The molecule has 4 nitrogen and oxygen atoms in total. The zero-order valence-electron chi connectivity index (χ0n) is 11.8. The van der Waals surface area contributed by atoms with E-state index in [1.165, 1.54) is 16.5 Å². The van der Waals surface area contributed by atoms with Crippen LogP contribution in [0.4, 0.5) is 5.69 Å². The average molecular weight is 276 g/mol. The van der Waals surface area contributed by atoms with Gasteiger partial charge >= 0.3 is 0 Å². The number of para-hydroxylation sites is 1. The second kappa shape index (κ2) is 4.66. The van der Waals surface area contributed by atoms with Gasteiger partial charge in [-0.25, -0.2) is 4.98 Å². The average Bonchev–Trinajstić information content (AvgIpc) is 3.09. The van der Waals surface area contributed by atoms with Crippen LogP contribution in [-0.4, -0.2) is 14.5 Å². The largest absolute Gasteiger partial charge is 0.381 e. The van der Waals surface area contributed by atoms with Crippen LogP contribution in [-0.2, 0) is 13.6 Å². The van der Waals surface area contributed by atoms with Crippen LogP contribution < -0.4 is 5.32 Å². The normalized spacial score (nSPS) is 11.3. The number of fused-ring (bicyclic) bond motifs is 2. The molecule has 4 heteroatoms. The molecule has 104 valence electrons. The van der Waals surface area contributed by atoms with Crippen molar-refractivity contribution in [2.75, 3.05) is 5.32 Å². The van der Waals surface area contributed by atoms with E-state index < -0.39 is 0 Å². The highest BCUT2D eigenvalue weighted by Crippen LogP contribution is 2.21. The van der Waals surface area contributed by atoms with E-state index in [2.05, 4.69) is 57.9 Å². The lowest BCUT2D eigenvalue weighted by Crippen LogP contribution is -1.98. The maximum Gasteiger partial charge on any atom is 0.0955 e. The van der Waals surface area contributed by atoms with Crippen molar-refractivity contribution >= 4 is 27.6 Å². The monoisotopic (exact) mass is 276 g/mol. The molecule has 0 radical (unpaired) electrons. The molecule has 0 unspecified atom stereocenters. The van der Waals surface area contributed by atoms with E-state index in [0.717, 1.165) is 23.3 Å². The molecule has 2 heterocycles. The van der Waals surface area contributed by atoms with Crippen molar-refractivity contribution in [3.8, 4) is 0 Å². The summed E-state index contributed by atoms with van der Waals surface area (Å²) >= 11 is 0. The number of aromatic amines is 1. The summed E-state index contributed by atoms with van der Waals surface area (Å²) in [6, 6.07) is 14.6. The zero-order chi connectivity index (χ0) is 14.2. The number of benzene rings is 2. The van der Waals surface area contributed by atoms with Gasteiger partial charge < -0.3 is 14.9 Å². The number of anilines is 1. The number of hydrogen-bond acceptors (Lipinski definition) is 2. The van der Waals surface area contributed by atoms with Crippen LogP contribution in [0.5, 0.6) is 0 Å².